The topological polar surface area (TPSA) is 46.5 Å². The van der Waals surface area contributed by atoms with Crippen molar-refractivity contribution in [3.05, 3.63) is 0 Å². The number of rotatable bonds is 9. The standard InChI is InChI=1S/C12H24O3/c1-4-5-6-7-9-15-10-8-12(2,3)11(13)14/h4-10H2,1-3H3,(H,13,14). The number of carbonyl (C=O) groups is 1. The van der Waals surface area contributed by atoms with Crippen molar-refractivity contribution < 1.29 is 14.6 Å². The van der Waals surface area contributed by atoms with Gasteiger partial charge in [-0.3, -0.25) is 4.79 Å². The summed E-state index contributed by atoms with van der Waals surface area (Å²) in [6.45, 7) is 6.95. The van der Waals surface area contributed by atoms with E-state index in [0.29, 0.717) is 13.0 Å². The highest BCUT2D eigenvalue weighted by atomic mass is 16.5. The van der Waals surface area contributed by atoms with E-state index in [0.717, 1.165) is 13.0 Å². The first-order valence-corrected chi connectivity index (χ1v) is 5.82. The molecule has 0 aliphatic heterocycles. The van der Waals surface area contributed by atoms with Crippen molar-refractivity contribution in [1.29, 1.82) is 0 Å². The number of hydrogen-bond acceptors (Lipinski definition) is 2. The Morgan fingerprint density at radius 1 is 1.20 bits per heavy atom. The lowest BCUT2D eigenvalue weighted by Crippen LogP contribution is -2.25. The van der Waals surface area contributed by atoms with Crippen LogP contribution in [0.25, 0.3) is 0 Å². The molecular weight excluding hydrogens is 192 g/mol. The van der Waals surface area contributed by atoms with Gasteiger partial charge in [-0.1, -0.05) is 26.2 Å². The van der Waals surface area contributed by atoms with Crippen molar-refractivity contribution in [1.82, 2.24) is 0 Å². The van der Waals surface area contributed by atoms with Gasteiger partial charge in [0.1, 0.15) is 0 Å². The molecule has 0 aromatic rings. The van der Waals surface area contributed by atoms with Crippen LogP contribution in [0, 0.1) is 5.41 Å². The van der Waals surface area contributed by atoms with Crippen LogP contribution in [0.3, 0.4) is 0 Å². The van der Waals surface area contributed by atoms with E-state index < -0.39 is 11.4 Å². The van der Waals surface area contributed by atoms with Crippen LogP contribution in [0.1, 0.15) is 52.9 Å². The molecule has 1 N–H and O–H groups in total. The molecule has 0 aliphatic carbocycles. The first-order valence-electron chi connectivity index (χ1n) is 5.82. The van der Waals surface area contributed by atoms with Crippen LogP contribution in [0.5, 0.6) is 0 Å². The van der Waals surface area contributed by atoms with Crippen LogP contribution < -0.4 is 0 Å². The van der Waals surface area contributed by atoms with Gasteiger partial charge in [0, 0.05) is 13.2 Å². The number of ether oxygens (including phenoxy) is 1. The molecule has 0 bridgehead atoms. The van der Waals surface area contributed by atoms with E-state index in [-0.39, 0.29) is 0 Å². The first kappa shape index (κ1) is 14.4. The summed E-state index contributed by atoms with van der Waals surface area (Å²) < 4.78 is 5.40. The lowest BCUT2D eigenvalue weighted by atomic mass is 9.90. The maximum atomic E-state index is 10.8. The molecule has 15 heavy (non-hydrogen) atoms. The highest BCUT2D eigenvalue weighted by Gasteiger charge is 2.26. The molecule has 3 heteroatoms. The second-order valence-electron chi connectivity index (χ2n) is 4.61. The molecule has 0 aromatic heterocycles. The van der Waals surface area contributed by atoms with E-state index in [9.17, 15) is 4.79 Å². The quantitative estimate of drug-likeness (QED) is 0.602. The van der Waals surface area contributed by atoms with Gasteiger partial charge in [0.2, 0.25) is 0 Å². The molecule has 0 aromatic carbocycles. The minimum atomic E-state index is -0.753. The van der Waals surface area contributed by atoms with Crippen molar-refractivity contribution in [2.75, 3.05) is 13.2 Å². The average molecular weight is 216 g/mol. The van der Waals surface area contributed by atoms with Gasteiger partial charge in [0.15, 0.2) is 0 Å². The van der Waals surface area contributed by atoms with Crippen LogP contribution in [0.2, 0.25) is 0 Å². The van der Waals surface area contributed by atoms with Crippen LogP contribution in [-0.4, -0.2) is 24.3 Å². The van der Waals surface area contributed by atoms with Crippen LogP contribution in [0.4, 0.5) is 0 Å². The number of hydrogen-bond donors (Lipinski definition) is 1. The average Bonchev–Trinajstić information content (AvgIpc) is 2.16. The summed E-state index contributed by atoms with van der Waals surface area (Å²) in [4.78, 5) is 10.8. The SMILES string of the molecule is CCCCCCOCCC(C)(C)C(=O)O. The molecule has 0 radical (unpaired) electrons. The number of aliphatic carboxylic acids is 1. The molecular formula is C12H24O3. The molecule has 0 aliphatic rings. The van der Waals surface area contributed by atoms with Gasteiger partial charge in [-0.15, -0.1) is 0 Å². The molecule has 0 spiro atoms. The smallest absolute Gasteiger partial charge is 0.309 e. The van der Waals surface area contributed by atoms with E-state index in [1.54, 1.807) is 13.8 Å². The number of carboxylic acid groups (broad SMARTS) is 1. The van der Waals surface area contributed by atoms with Crippen LogP contribution >= 0.6 is 0 Å². The van der Waals surface area contributed by atoms with E-state index in [4.69, 9.17) is 9.84 Å². The minimum Gasteiger partial charge on any atom is -0.481 e. The van der Waals surface area contributed by atoms with Crippen LogP contribution in [0.15, 0.2) is 0 Å². The molecule has 0 heterocycles. The zero-order valence-electron chi connectivity index (χ0n) is 10.2. The summed E-state index contributed by atoms with van der Waals surface area (Å²) in [5.41, 5.74) is -0.663. The lowest BCUT2D eigenvalue weighted by molar-refractivity contribution is -0.148. The first-order chi connectivity index (χ1) is 7.00. The van der Waals surface area contributed by atoms with E-state index in [1.807, 2.05) is 0 Å². The Bertz CT molecular complexity index is 176. The van der Waals surface area contributed by atoms with Crippen molar-refractivity contribution in [2.45, 2.75) is 52.9 Å². The van der Waals surface area contributed by atoms with Gasteiger partial charge in [-0.05, 0) is 26.7 Å². The third-order valence-corrected chi connectivity index (χ3v) is 2.59. The summed E-state index contributed by atoms with van der Waals surface area (Å²) in [7, 11) is 0. The lowest BCUT2D eigenvalue weighted by Gasteiger charge is -2.18. The Kier molecular flexibility index (Phi) is 7.39. The monoisotopic (exact) mass is 216 g/mol. The molecule has 3 nitrogen and oxygen atoms in total. The van der Waals surface area contributed by atoms with Gasteiger partial charge in [0.05, 0.1) is 5.41 Å². The predicted molar refractivity (Wildman–Crippen MR) is 61.0 cm³/mol. The summed E-state index contributed by atoms with van der Waals surface area (Å²) >= 11 is 0. The maximum Gasteiger partial charge on any atom is 0.309 e. The maximum absolute atomic E-state index is 10.8. The summed E-state index contributed by atoms with van der Waals surface area (Å²) in [5, 5.41) is 8.86. The van der Waals surface area contributed by atoms with Gasteiger partial charge in [-0.2, -0.15) is 0 Å². The molecule has 0 saturated carbocycles. The van der Waals surface area contributed by atoms with Crippen molar-refractivity contribution in [2.24, 2.45) is 5.41 Å². The van der Waals surface area contributed by atoms with E-state index in [2.05, 4.69) is 6.92 Å². The fourth-order valence-corrected chi connectivity index (χ4v) is 1.17. The molecule has 90 valence electrons. The number of unbranched alkanes of at least 4 members (excludes halogenated alkanes) is 3. The summed E-state index contributed by atoms with van der Waals surface area (Å²) in [6, 6.07) is 0. The highest BCUT2D eigenvalue weighted by molar-refractivity contribution is 5.73. The molecule has 0 rings (SSSR count). The Balaban J connectivity index is 3.35. The highest BCUT2D eigenvalue weighted by Crippen LogP contribution is 2.20. The van der Waals surface area contributed by atoms with E-state index in [1.165, 1.54) is 19.3 Å². The largest absolute Gasteiger partial charge is 0.481 e. The normalized spacial score (nSPS) is 11.7. The molecule has 0 unspecified atom stereocenters. The number of carboxylic acids is 1. The Hall–Kier alpha value is -0.570. The predicted octanol–water partition coefficient (Wildman–Crippen LogP) is 3.08. The van der Waals surface area contributed by atoms with Crippen molar-refractivity contribution >= 4 is 5.97 Å². The minimum absolute atomic E-state index is 0.547. The van der Waals surface area contributed by atoms with Gasteiger partial charge in [-0.25, -0.2) is 0 Å². The fraction of sp³-hybridized carbons (Fsp3) is 0.917. The van der Waals surface area contributed by atoms with Gasteiger partial charge < -0.3 is 9.84 Å². The van der Waals surface area contributed by atoms with Crippen molar-refractivity contribution in [3.8, 4) is 0 Å². The third kappa shape index (κ3) is 7.37. The van der Waals surface area contributed by atoms with E-state index >= 15 is 0 Å². The van der Waals surface area contributed by atoms with Gasteiger partial charge in [0.25, 0.3) is 0 Å². The summed E-state index contributed by atoms with van der Waals surface area (Å²) in [5.74, 6) is -0.753. The molecule has 0 amide bonds. The molecule has 0 fully saturated rings. The van der Waals surface area contributed by atoms with Crippen molar-refractivity contribution in [3.63, 3.8) is 0 Å². The van der Waals surface area contributed by atoms with Gasteiger partial charge >= 0.3 is 5.97 Å². The Morgan fingerprint density at radius 3 is 2.40 bits per heavy atom. The Morgan fingerprint density at radius 2 is 1.87 bits per heavy atom. The molecule has 0 atom stereocenters. The second kappa shape index (κ2) is 7.69. The Labute approximate surface area is 92.8 Å². The second-order valence-corrected chi connectivity index (χ2v) is 4.61. The zero-order chi connectivity index (χ0) is 11.7. The zero-order valence-corrected chi connectivity index (χ0v) is 10.2. The van der Waals surface area contributed by atoms with Crippen LogP contribution in [-0.2, 0) is 9.53 Å². The third-order valence-electron chi connectivity index (χ3n) is 2.59. The summed E-state index contributed by atoms with van der Waals surface area (Å²) in [6.07, 6.45) is 5.35. The fourth-order valence-electron chi connectivity index (χ4n) is 1.17. The molecule has 0 saturated heterocycles.